The first-order valence-corrected chi connectivity index (χ1v) is 7.74. The minimum atomic E-state index is -0.559. The Morgan fingerprint density at radius 1 is 1.35 bits per heavy atom. The number of hydrogen-bond donors (Lipinski definition) is 2. The molecule has 3 nitrogen and oxygen atoms in total. The topological polar surface area (TPSA) is 35.5 Å². The molecule has 3 heteroatoms. The minimum Gasteiger partial charge on any atom is -0.388 e. The summed E-state index contributed by atoms with van der Waals surface area (Å²) in [6.45, 7) is 10.1. The number of para-hydroxylation sites is 1. The van der Waals surface area contributed by atoms with Gasteiger partial charge in [0.25, 0.3) is 0 Å². The van der Waals surface area contributed by atoms with Crippen LogP contribution in [0.2, 0.25) is 0 Å². The maximum Gasteiger partial charge on any atom is 0.0794 e. The average molecular weight is 276 g/mol. The fraction of sp³-hybridized carbons (Fsp3) is 0.647. The SMILES string of the molecule is CC(C)CNCc1ccccc1N1CCCC(C)(O)C1. The maximum atomic E-state index is 10.3. The molecule has 1 aromatic carbocycles. The van der Waals surface area contributed by atoms with E-state index in [1.807, 2.05) is 6.92 Å². The van der Waals surface area contributed by atoms with E-state index >= 15 is 0 Å². The van der Waals surface area contributed by atoms with E-state index in [2.05, 4.69) is 48.3 Å². The van der Waals surface area contributed by atoms with Crippen molar-refractivity contribution in [2.75, 3.05) is 24.5 Å². The second kappa shape index (κ2) is 6.59. The first-order chi connectivity index (χ1) is 9.48. The summed E-state index contributed by atoms with van der Waals surface area (Å²) in [5, 5.41) is 13.8. The van der Waals surface area contributed by atoms with Crippen molar-refractivity contribution >= 4 is 5.69 Å². The number of nitrogens with one attached hydrogen (secondary N) is 1. The Bertz CT molecular complexity index is 429. The lowest BCUT2D eigenvalue weighted by molar-refractivity contribution is 0.0449. The number of rotatable bonds is 5. The fourth-order valence-electron chi connectivity index (χ4n) is 2.89. The third kappa shape index (κ3) is 4.22. The Balaban J connectivity index is 2.07. The number of aliphatic hydroxyl groups is 1. The molecular weight excluding hydrogens is 248 g/mol. The normalized spacial score (nSPS) is 23.4. The molecule has 1 fully saturated rings. The summed E-state index contributed by atoms with van der Waals surface area (Å²) in [7, 11) is 0. The number of β-amino-alcohol motifs (C(OH)–C–C–N with tert-alkyl or cyclic N) is 1. The lowest BCUT2D eigenvalue weighted by Gasteiger charge is -2.39. The van der Waals surface area contributed by atoms with E-state index in [4.69, 9.17) is 0 Å². The molecule has 0 spiro atoms. The van der Waals surface area contributed by atoms with E-state index in [1.165, 1.54) is 11.3 Å². The van der Waals surface area contributed by atoms with E-state index in [0.717, 1.165) is 39.0 Å². The number of benzene rings is 1. The number of hydrogen-bond acceptors (Lipinski definition) is 3. The molecule has 0 saturated carbocycles. The van der Waals surface area contributed by atoms with Crippen LogP contribution in [0.25, 0.3) is 0 Å². The van der Waals surface area contributed by atoms with Gasteiger partial charge in [0, 0.05) is 25.3 Å². The lowest BCUT2D eigenvalue weighted by Crippen LogP contribution is -2.46. The minimum absolute atomic E-state index is 0.559. The number of nitrogens with zero attached hydrogens (tertiary/aromatic N) is 1. The molecule has 0 radical (unpaired) electrons. The smallest absolute Gasteiger partial charge is 0.0794 e. The van der Waals surface area contributed by atoms with Gasteiger partial charge >= 0.3 is 0 Å². The molecule has 0 aromatic heterocycles. The highest BCUT2D eigenvalue weighted by atomic mass is 16.3. The molecule has 1 atom stereocenters. The highest BCUT2D eigenvalue weighted by Crippen LogP contribution is 2.28. The van der Waals surface area contributed by atoms with Crippen molar-refractivity contribution in [2.24, 2.45) is 5.92 Å². The molecule has 1 aromatic rings. The van der Waals surface area contributed by atoms with Crippen molar-refractivity contribution < 1.29 is 5.11 Å². The third-order valence-electron chi connectivity index (χ3n) is 3.88. The second-order valence-corrected chi connectivity index (χ2v) is 6.68. The van der Waals surface area contributed by atoms with Gasteiger partial charge in [0.05, 0.1) is 5.60 Å². The molecule has 0 amide bonds. The van der Waals surface area contributed by atoms with E-state index in [1.54, 1.807) is 0 Å². The third-order valence-corrected chi connectivity index (χ3v) is 3.88. The summed E-state index contributed by atoms with van der Waals surface area (Å²) in [5.41, 5.74) is 2.03. The Hall–Kier alpha value is -1.06. The zero-order chi connectivity index (χ0) is 14.6. The molecule has 1 aliphatic heterocycles. The molecule has 1 aliphatic rings. The van der Waals surface area contributed by atoms with Crippen LogP contribution in [0.5, 0.6) is 0 Å². The summed E-state index contributed by atoms with van der Waals surface area (Å²) in [4.78, 5) is 2.33. The summed E-state index contributed by atoms with van der Waals surface area (Å²) < 4.78 is 0. The van der Waals surface area contributed by atoms with Gasteiger partial charge in [0.15, 0.2) is 0 Å². The summed E-state index contributed by atoms with van der Waals surface area (Å²) in [6, 6.07) is 8.54. The van der Waals surface area contributed by atoms with Gasteiger partial charge in [-0.05, 0) is 43.9 Å². The Labute approximate surface area is 123 Å². The maximum absolute atomic E-state index is 10.3. The van der Waals surface area contributed by atoms with E-state index in [-0.39, 0.29) is 0 Å². The van der Waals surface area contributed by atoms with Crippen molar-refractivity contribution in [3.05, 3.63) is 29.8 Å². The van der Waals surface area contributed by atoms with Crippen LogP contribution in [-0.2, 0) is 6.54 Å². The van der Waals surface area contributed by atoms with Gasteiger partial charge in [-0.3, -0.25) is 0 Å². The quantitative estimate of drug-likeness (QED) is 0.868. The van der Waals surface area contributed by atoms with E-state index in [9.17, 15) is 5.11 Å². The van der Waals surface area contributed by atoms with Crippen LogP contribution < -0.4 is 10.2 Å². The molecule has 0 aliphatic carbocycles. The number of anilines is 1. The van der Waals surface area contributed by atoms with Crippen molar-refractivity contribution in [1.29, 1.82) is 0 Å². The van der Waals surface area contributed by atoms with Gasteiger partial charge in [-0.2, -0.15) is 0 Å². The zero-order valence-corrected chi connectivity index (χ0v) is 13.0. The van der Waals surface area contributed by atoms with Gasteiger partial charge in [-0.25, -0.2) is 0 Å². The highest BCUT2D eigenvalue weighted by Gasteiger charge is 2.29. The van der Waals surface area contributed by atoms with E-state index in [0.29, 0.717) is 5.92 Å². The van der Waals surface area contributed by atoms with Crippen molar-refractivity contribution in [2.45, 2.75) is 45.8 Å². The lowest BCUT2D eigenvalue weighted by atomic mass is 9.94. The predicted octanol–water partition coefficient (Wildman–Crippen LogP) is 2.78. The summed E-state index contributed by atoms with van der Waals surface area (Å²) in [6.07, 6.45) is 1.96. The highest BCUT2D eigenvalue weighted by molar-refractivity contribution is 5.54. The van der Waals surface area contributed by atoms with Crippen LogP contribution in [0.1, 0.15) is 39.2 Å². The molecule has 1 heterocycles. The molecule has 2 rings (SSSR count). The Morgan fingerprint density at radius 2 is 2.10 bits per heavy atom. The number of piperidine rings is 1. The van der Waals surface area contributed by atoms with Crippen molar-refractivity contribution in [3.8, 4) is 0 Å². The molecular formula is C17H28N2O. The largest absolute Gasteiger partial charge is 0.388 e. The van der Waals surface area contributed by atoms with Gasteiger partial charge in [0.2, 0.25) is 0 Å². The van der Waals surface area contributed by atoms with Crippen LogP contribution in [0, 0.1) is 5.92 Å². The molecule has 0 bridgehead atoms. The second-order valence-electron chi connectivity index (χ2n) is 6.68. The van der Waals surface area contributed by atoms with Crippen LogP contribution in [0.3, 0.4) is 0 Å². The standard InChI is InChI=1S/C17H28N2O/c1-14(2)11-18-12-15-7-4-5-8-16(15)19-10-6-9-17(3,20)13-19/h4-5,7-8,14,18,20H,6,9-13H2,1-3H3. The monoisotopic (exact) mass is 276 g/mol. The Morgan fingerprint density at radius 3 is 2.80 bits per heavy atom. The van der Waals surface area contributed by atoms with Crippen LogP contribution in [0.15, 0.2) is 24.3 Å². The first-order valence-electron chi connectivity index (χ1n) is 7.74. The van der Waals surface area contributed by atoms with Gasteiger partial charge < -0.3 is 15.3 Å². The molecule has 20 heavy (non-hydrogen) atoms. The fourth-order valence-corrected chi connectivity index (χ4v) is 2.89. The molecule has 2 N–H and O–H groups in total. The van der Waals surface area contributed by atoms with E-state index < -0.39 is 5.60 Å². The molecule has 1 unspecified atom stereocenters. The predicted molar refractivity (Wildman–Crippen MR) is 85.1 cm³/mol. The van der Waals surface area contributed by atoms with Gasteiger partial charge in [-0.1, -0.05) is 32.0 Å². The first kappa shape index (κ1) is 15.3. The average Bonchev–Trinajstić information content (AvgIpc) is 2.37. The molecule has 1 saturated heterocycles. The summed E-state index contributed by atoms with van der Waals surface area (Å²) in [5.74, 6) is 0.665. The summed E-state index contributed by atoms with van der Waals surface area (Å²) >= 11 is 0. The molecule has 112 valence electrons. The van der Waals surface area contributed by atoms with Crippen LogP contribution in [0.4, 0.5) is 5.69 Å². The zero-order valence-electron chi connectivity index (χ0n) is 13.0. The van der Waals surface area contributed by atoms with Gasteiger partial charge in [0.1, 0.15) is 0 Å². The van der Waals surface area contributed by atoms with Crippen molar-refractivity contribution in [1.82, 2.24) is 5.32 Å². The van der Waals surface area contributed by atoms with Gasteiger partial charge in [-0.15, -0.1) is 0 Å². The van der Waals surface area contributed by atoms with Crippen LogP contribution in [-0.4, -0.2) is 30.3 Å². The van der Waals surface area contributed by atoms with Crippen LogP contribution >= 0.6 is 0 Å². The van der Waals surface area contributed by atoms with Crippen molar-refractivity contribution in [3.63, 3.8) is 0 Å². The Kier molecular flexibility index (Phi) is 5.06.